The summed E-state index contributed by atoms with van der Waals surface area (Å²) in [6, 6.07) is 15.1. The van der Waals surface area contributed by atoms with Crippen molar-refractivity contribution in [2.75, 3.05) is 20.3 Å². The van der Waals surface area contributed by atoms with Gasteiger partial charge >= 0.3 is 6.03 Å². The third kappa shape index (κ3) is 5.19. The van der Waals surface area contributed by atoms with Crippen LogP contribution in [-0.4, -0.2) is 26.3 Å². The second-order valence-corrected chi connectivity index (χ2v) is 5.53. The number of nitrogens with one attached hydrogen (secondary N) is 2. The van der Waals surface area contributed by atoms with Crippen LogP contribution >= 0.6 is 0 Å². The third-order valence-corrected chi connectivity index (χ3v) is 3.60. The van der Waals surface area contributed by atoms with Crippen LogP contribution in [0, 0.1) is 6.92 Å². The maximum Gasteiger partial charge on any atom is 0.315 e. The first-order chi connectivity index (χ1) is 11.6. The van der Waals surface area contributed by atoms with Gasteiger partial charge in [-0.05, 0) is 37.6 Å². The molecule has 0 aliphatic carbocycles. The number of urea groups is 1. The lowest BCUT2D eigenvalue weighted by Gasteiger charge is -2.17. The summed E-state index contributed by atoms with van der Waals surface area (Å²) in [5, 5.41) is 5.68. The Kier molecular flexibility index (Phi) is 6.49. The molecule has 0 aromatic heterocycles. The minimum absolute atomic E-state index is 0.154. The standard InChI is InChI=1S/C19H24N2O3/c1-14-7-6-8-16(13-14)24-12-11-20-19(22)21-15(2)17-9-4-5-10-18(17)23-3/h4-10,13,15H,11-12H2,1-3H3,(H2,20,21,22)/t15-/m1/s1. The highest BCUT2D eigenvalue weighted by molar-refractivity contribution is 5.74. The molecule has 5 nitrogen and oxygen atoms in total. The number of para-hydroxylation sites is 1. The minimum atomic E-state index is -0.235. The normalized spacial score (nSPS) is 11.5. The van der Waals surface area contributed by atoms with Crippen LogP contribution in [-0.2, 0) is 0 Å². The molecule has 0 saturated carbocycles. The zero-order chi connectivity index (χ0) is 17.4. The van der Waals surface area contributed by atoms with Gasteiger partial charge in [-0.3, -0.25) is 0 Å². The first-order valence-corrected chi connectivity index (χ1v) is 7.97. The number of carbonyl (C=O) groups excluding carboxylic acids is 1. The zero-order valence-corrected chi connectivity index (χ0v) is 14.3. The van der Waals surface area contributed by atoms with Crippen molar-refractivity contribution in [1.29, 1.82) is 0 Å². The number of aryl methyl sites for hydroxylation is 1. The Hall–Kier alpha value is -2.69. The SMILES string of the molecule is COc1ccccc1[C@@H](C)NC(=O)NCCOc1cccc(C)c1. The molecule has 0 spiro atoms. The van der Waals surface area contributed by atoms with Gasteiger partial charge in [-0.15, -0.1) is 0 Å². The zero-order valence-electron chi connectivity index (χ0n) is 14.3. The highest BCUT2D eigenvalue weighted by Crippen LogP contribution is 2.24. The number of benzene rings is 2. The molecule has 2 N–H and O–H groups in total. The Labute approximate surface area is 143 Å². The van der Waals surface area contributed by atoms with Gasteiger partial charge in [-0.25, -0.2) is 4.79 Å². The molecule has 2 amide bonds. The number of hydrogen-bond acceptors (Lipinski definition) is 3. The van der Waals surface area contributed by atoms with E-state index in [9.17, 15) is 4.79 Å². The molecular weight excluding hydrogens is 304 g/mol. The Balaban J connectivity index is 1.75. The lowest BCUT2D eigenvalue weighted by atomic mass is 10.1. The first kappa shape index (κ1) is 17.7. The molecule has 0 unspecified atom stereocenters. The predicted molar refractivity (Wildman–Crippen MR) is 94.6 cm³/mol. The Morgan fingerprint density at radius 1 is 1.17 bits per heavy atom. The molecular formula is C19H24N2O3. The molecule has 2 aromatic rings. The number of ether oxygens (including phenoxy) is 2. The van der Waals surface area contributed by atoms with Crippen molar-refractivity contribution in [2.24, 2.45) is 0 Å². The summed E-state index contributed by atoms with van der Waals surface area (Å²) in [7, 11) is 1.62. The van der Waals surface area contributed by atoms with Gasteiger partial charge in [0.25, 0.3) is 0 Å². The van der Waals surface area contributed by atoms with Gasteiger partial charge < -0.3 is 20.1 Å². The Morgan fingerprint density at radius 2 is 1.96 bits per heavy atom. The smallest absolute Gasteiger partial charge is 0.315 e. The Morgan fingerprint density at radius 3 is 2.71 bits per heavy atom. The predicted octanol–water partition coefficient (Wildman–Crippen LogP) is 3.44. The van der Waals surface area contributed by atoms with E-state index in [4.69, 9.17) is 9.47 Å². The summed E-state index contributed by atoms with van der Waals surface area (Å²) in [6.45, 7) is 4.77. The maximum absolute atomic E-state index is 12.0. The first-order valence-electron chi connectivity index (χ1n) is 7.97. The molecule has 24 heavy (non-hydrogen) atoms. The van der Waals surface area contributed by atoms with E-state index >= 15 is 0 Å². The molecule has 2 rings (SSSR count). The number of methoxy groups -OCH3 is 1. The molecule has 0 bridgehead atoms. The molecule has 0 radical (unpaired) electrons. The summed E-state index contributed by atoms with van der Waals surface area (Å²) in [4.78, 5) is 12.0. The van der Waals surface area contributed by atoms with Gasteiger partial charge in [0.1, 0.15) is 18.1 Å². The number of rotatable bonds is 7. The van der Waals surface area contributed by atoms with Crippen molar-refractivity contribution >= 4 is 6.03 Å². The molecule has 0 aliphatic rings. The molecule has 0 fully saturated rings. The summed E-state index contributed by atoms with van der Waals surface area (Å²) in [6.07, 6.45) is 0. The van der Waals surface area contributed by atoms with E-state index in [1.165, 1.54) is 0 Å². The van der Waals surface area contributed by atoms with Gasteiger partial charge in [0.15, 0.2) is 0 Å². The fraction of sp³-hybridized carbons (Fsp3) is 0.316. The quantitative estimate of drug-likeness (QED) is 0.766. The summed E-state index contributed by atoms with van der Waals surface area (Å²) >= 11 is 0. The fourth-order valence-corrected chi connectivity index (χ4v) is 2.39. The Bertz CT molecular complexity index is 673. The minimum Gasteiger partial charge on any atom is -0.496 e. The van der Waals surface area contributed by atoms with E-state index in [0.29, 0.717) is 13.2 Å². The van der Waals surface area contributed by atoms with Crippen molar-refractivity contribution in [1.82, 2.24) is 10.6 Å². The van der Waals surface area contributed by atoms with Crippen LogP contribution in [0.1, 0.15) is 24.1 Å². The highest BCUT2D eigenvalue weighted by atomic mass is 16.5. The van der Waals surface area contributed by atoms with E-state index in [0.717, 1.165) is 22.6 Å². The lowest BCUT2D eigenvalue weighted by molar-refractivity contribution is 0.233. The molecule has 2 aromatic carbocycles. The second-order valence-electron chi connectivity index (χ2n) is 5.53. The number of hydrogen-bond donors (Lipinski definition) is 2. The summed E-state index contributed by atoms with van der Waals surface area (Å²) in [5.74, 6) is 1.56. The molecule has 0 heterocycles. The topological polar surface area (TPSA) is 59.6 Å². The molecule has 128 valence electrons. The molecule has 0 saturated heterocycles. The van der Waals surface area contributed by atoms with E-state index in [2.05, 4.69) is 10.6 Å². The van der Waals surface area contributed by atoms with E-state index in [1.54, 1.807) is 7.11 Å². The van der Waals surface area contributed by atoms with Crippen LogP contribution in [0.4, 0.5) is 4.79 Å². The van der Waals surface area contributed by atoms with Crippen molar-refractivity contribution < 1.29 is 14.3 Å². The monoisotopic (exact) mass is 328 g/mol. The molecule has 0 aliphatic heterocycles. The van der Waals surface area contributed by atoms with Crippen LogP contribution < -0.4 is 20.1 Å². The largest absolute Gasteiger partial charge is 0.496 e. The van der Waals surface area contributed by atoms with E-state index < -0.39 is 0 Å². The average Bonchev–Trinajstić information content (AvgIpc) is 2.58. The molecule has 1 atom stereocenters. The van der Waals surface area contributed by atoms with Gasteiger partial charge in [0, 0.05) is 5.56 Å². The average molecular weight is 328 g/mol. The van der Waals surface area contributed by atoms with E-state index in [-0.39, 0.29) is 12.1 Å². The third-order valence-electron chi connectivity index (χ3n) is 3.60. The van der Waals surface area contributed by atoms with Crippen molar-refractivity contribution in [3.8, 4) is 11.5 Å². The van der Waals surface area contributed by atoms with Gasteiger partial charge in [0.05, 0.1) is 19.7 Å². The summed E-state index contributed by atoms with van der Waals surface area (Å²) < 4.78 is 10.9. The van der Waals surface area contributed by atoms with Gasteiger partial charge in [-0.1, -0.05) is 30.3 Å². The number of amides is 2. The number of carbonyl (C=O) groups is 1. The van der Waals surface area contributed by atoms with Crippen LogP contribution in [0.15, 0.2) is 48.5 Å². The highest BCUT2D eigenvalue weighted by Gasteiger charge is 2.13. The van der Waals surface area contributed by atoms with Crippen molar-refractivity contribution in [3.63, 3.8) is 0 Å². The van der Waals surface area contributed by atoms with Crippen LogP contribution in [0.3, 0.4) is 0 Å². The van der Waals surface area contributed by atoms with Crippen LogP contribution in [0.5, 0.6) is 11.5 Å². The van der Waals surface area contributed by atoms with Gasteiger partial charge in [0.2, 0.25) is 0 Å². The fourth-order valence-electron chi connectivity index (χ4n) is 2.39. The van der Waals surface area contributed by atoms with Crippen LogP contribution in [0.2, 0.25) is 0 Å². The summed E-state index contributed by atoms with van der Waals surface area (Å²) in [5.41, 5.74) is 2.08. The maximum atomic E-state index is 12.0. The van der Waals surface area contributed by atoms with Gasteiger partial charge in [-0.2, -0.15) is 0 Å². The van der Waals surface area contributed by atoms with Crippen LogP contribution in [0.25, 0.3) is 0 Å². The van der Waals surface area contributed by atoms with Crippen molar-refractivity contribution in [2.45, 2.75) is 19.9 Å². The lowest BCUT2D eigenvalue weighted by Crippen LogP contribution is -2.39. The van der Waals surface area contributed by atoms with Crippen molar-refractivity contribution in [3.05, 3.63) is 59.7 Å². The van der Waals surface area contributed by atoms with E-state index in [1.807, 2.05) is 62.4 Å². The second kappa shape index (κ2) is 8.82. The molecule has 5 heteroatoms.